The van der Waals surface area contributed by atoms with E-state index in [0.717, 1.165) is 11.8 Å². The second kappa shape index (κ2) is 9.45. The van der Waals surface area contributed by atoms with Crippen molar-refractivity contribution in [3.05, 3.63) is 35.9 Å². The smallest absolute Gasteiger partial charge is 0.0253 e. The molecule has 0 aliphatic rings. The molecular formula is C16H28. The third kappa shape index (κ3) is 6.66. The van der Waals surface area contributed by atoms with Crippen molar-refractivity contribution in [3.8, 4) is 0 Å². The van der Waals surface area contributed by atoms with Gasteiger partial charge < -0.3 is 0 Å². The minimum Gasteiger partial charge on any atom is -0.0683 e. The molecule has 2 atom stereocenters. The summed E-state index contributed by atoms with van der Waals surface area (Å²) in [4.78, 5) is 0. The Bertz CT molecular complexity index is 237. The molecule has 2 unspecified atom stereocenters. The lowest BCUT2D eigenvalue weighted by atomic mass is 9.90. The molecule has 1 aromatic carbocycles. The lowest BCUT2D eigenvalue weighted by Gasteiger charge is -2.15. The van der Waals surface area contributed by atoms with Gasteiger partial charge in [0.05, 0.1) is 0 Å². The summed E-state index contributed by atoms with van der Waals surface area (Å²) in [6, 6.07) is 10.8. The van der Waals surface area contributed by atoms with Gasteiger partial charge in [-0.2, -0.15) is 0 Å². The van der Waals surface area contributed by atoms with Gasteiger partial charge >= 0.3 is 0 Å². The number of hydrogen-bond acceptors (Lipinski definition) is 0. The highest BCUT2D eigenvalue weighted by molar-refractivity contribution is 5.14. The quantitative estimate of drug-likeness (QED) is 0.629. The first-order valence-corrected chi connectivity index (χ1v) is 6.76. The fraction of sp³-hybridized carbons (Fsp3) is 0.625. The molecule has 0 aliphatic heterocycles. The molecule has 0 heterocycles. The Labute approximate surface area is 102 Å². The Kier molecular flexibility index (Phi) is 8.99. The van der Waals surface area contributed by atoms with E-state index >= 15 is 0 Å². The Morgan fingerprint density at radius 1 is 0.938 bits per heavy atom. The van der Waals surface area contributed by atoms with Crippen LogP contribution in [-0.2, 0) is 6.42 Å². The Morgan fingerprint density at radius 3 is 2.00 bits per heavy atom. The Hall–Kier alpha value is -0.780. The maximum atomic E-state index is 2.36. The van der Waals surface area contributed by atoms with Crippen molar-refractivity contribution in [3.63, 3.8) is 0 Å². The summed E-state index contributed by atoms with van der Waals surface area (Å²) in [5, 5.41) is 0. The van der Waals surface area contributed by atoms with E-state index in [1.165, 1.54) is 24.8 Å². The SMILES string of the molecule is CC.CCC(C)CC(C)Cc1ccccc1. The van der Waals surface area contributed by atoms with Crippen LogP contribution >= 0.6 is 0 Å². The average molecular weight is 220 g/mol. The predicted octanol–water partition coefficient (Wildman–Crippen LogP) is 5.33. The first-order valence-electron chi connectivity index (χ1n) is 6.76. The van der Waals surface area contributed by atoms with Crippen LogP contribution < -0.4 is 0 Å². The van der Waals surface area contributed by atoms with Crippen LogP contribution in [0.25, 0.3) is 0 Å². The molecule has 1 aromatic rings. The summed E-state index contributed by atoms with van der Waals surface area (Å²) in [6.07, 6.45) is 3.88. The van der Waals surface area contributed by atoms with Gasteiger partial charge in [-0.25, -0.2) is 0 Å². The van der Waals surface area contributed by atoms with Crippen molar-refractivity contribution < 1.29 is 0 Å². The largest absolute Gasteiger partial charge is 0.0683 e. The van der Waals surface area contributed by atoms with Gasteiger partial charge in [0.15, 0.2) is 0 Å². The molecule has 0 spiro atoms. The van der Waals surface area contributed by atoms with Crippen molar-refractivity contribution in [2.24, 2.45) is 11.8 Å². The molecule has 92 valence electrons. The molecule has 16 heavy (non-hydrogen) atoms. The summed E-state index contributed by atoms with van der Waals surface area (Å²) in [5.41, 5.74) is 1.48. The topological polar surface area (TPSA) is 0 Å². The summed E-state index contributed by atoms with van der Waals surface area (Å²) < 4.78 is 0. The van der Waals surface area contributed by atoms with E-state index in [-0.39, 0.29) is 0 Å². The standard InChI is InChI=1S/C14H22.C2H6/c1-4-12(2)10-13(3)11-14-8-6-5-7-9-14;1-2/h5-9,12-13H,4,10-11H2,1-3H3;1-2H3. The molecule has 0 bridgehead atoms. The Balaban J connectivity index is 0.00000106. The number of rotatable bonds is 5. The van der Waals surface area contributed by atoms with Crippen LogP contribution in [-0.4, -0.2) is 0 Å². The van der Waals surface area contributed by atoms with Gasteiger partial charge in [-0.05, 0) is 30.2 Å². The molecule has 1 rings (SSSR count). The molecule has 0 N–H and O–H groups in total. The summed E-state index contributed by atoms with van der Waals surface area (Å²) in [7, 11) is 0. The van der Waals surface area contributed by atoms with E-state index in [9.17, 15) is 0 Å². The highest BCUT2D eigenvalue weighted by Crippen LogP contribution is 2.18. The van der Waals surface area contributed by atoms with E-state index < -0.39 is 0 Å². The van der Waals surface area contributed by atoms with Crippen LogP contribution in [0.15, 0.2) is 30.3 Å². The van der Waals surface area contributed by atoms with Gasteiger partial charge in [-0.15, -0.1) is 0 Å². The lowest BCUT2D eigenvalue weighted by molar-refractivity contribution is 0.404. The fourth-order valence-electron chi connectivity index (χ4n) is 1.95. The zero-order chi connectivity index (χ0) is 12.4. The van der Waals surface area contributed by atoms with Crippen LogP contribution in [0, 0.1) is 11.8 Å². The van der Waals surface area contributed by atoms with Crippen LogP contribution in [0.4, 0.5) is 0 Å². The van der Waals surface area contributed by atoms with Crippen LogP contribution in [0.3, 0.4) is 0 Å². The zero-order valence-electron chi connectivity index (χ0n) is 11.7. The fourth-order valence-corrected chi connectivity index (χ4v) is 1.95. The molecule has 0 saturated heterocycles. The first-order chi connectivity index (χ1) is 7.72. The monoisotopic (exact) mass is 220 g/mol. The van der Waals surface area contributed by atoms with E-state index in [1.54, 1.807) is 0 Å². The Morgan fingerprint density at radius 2 is 1.50 bits per heavy atom. The third-order valence-corrected chi connectivity index (χ3v) is 2.93. The maximum absolute atomic E-state index is 2.36. The van der Waals surface area contributed by atoms with E-state index in [4.69, 9.17) is 0 Å². The molecule has 0 heteroatoms. The minimum atomic E-state index is 0.812. The second-order valence-corrected chi connectivity index (χ2v) is 4.54. The molecule has 0 fully saturated rings. The molecule has 0 saturated carbocycles. The zero-order valence-corrected chi connectivity index (χ0v) is 11.7. The van der Waals surface area contributed by atoms with Crippen LogP contribution in [0.1, 0.15) is 53.0 Å². The highest BCUT2D eigenvalue weighted by Gasteiger charge is 2.07. The highest BCUT2D eigenvalue weighted by atomic mass is 14.1. The van der Waals surface area contributed by atoms with Gasteiger partial charge in [-0.3, -0.25) is 0 Å². The third-order valence-electron chi connectivity index (χ3n) is 2.93. The van der Waals surface area contributed by atoms with Crippen molar-refractivity contribution in [2.45, 2.75) is 53.9 Å². The van der Waals surface area contributed by atoms with E-state index in [2.05, 4.69) is 51.1 Å². The van der Waals surface area contributed by atoms with Crippen molar-refractivity contribution in [1.29, 1.82) is 0 Å². The molecular weight excluding hydrogens is 192 g/mol. The van der Waals surface area contributed by atoms with E-state index in [1.807, 2.05) is 13.8 Å². The van der Waals surface area contributed by atoms with Gasteiger partial charge in [0.1, 0.15) is 0 Å². The minimum absolute atomic E-state index is 0.812. The molecule has 0 amide bonds. The second-order valence-electron chi connectivity index (χ2n) is 4.54. The van der Waals surface area contributed by atoms with Gasteiger partial charge in [0.2, 0.25) is 0 Å². The lowest BCUT2D eigenvalue weighted by Crippen LogP contribution is -2.05. The maximum Gasteiger partial charge on any atom is -0.0253 e. The molecule has 0 aliphatic carbocycles. The normalized spacial score (nSPS) is 13.6. The van der Waals surface area contributed by atoms with Crippen LogP contribution in [0.2, 0.25) is 0 Å². The first kappa shape index (κ1) is 15.2. The summed E-state index contributed by atoms with van der Waals surface area (Å²) in [5.74, 6) is 1.68. The summed E-state index contributed by atoms with van der Waals surface area (Å²) >= 11 is 0. The van der Waals surface area contributed by atoms with Gasteiger partial charge in [0, 0.05) is 0 Å². The van der Waals surface area contributed by atoms with Crippen molar-refractivity contribution in [2.75, 3.05) is 0 Å². The van der Waals surface area contributed by atoms with Crippen LogP contribution in [0.5, 0.6) is 0 Å². The molecule has 0 nitrogen and oxygen atoms in total. The molecule has 0 aromatic heterocycles. The van der Waals surface area contributed by atoms with Gasteiger partial charge in [-0.1, -0.05) is 71.4 Å². The van der Waals surface area contributed by atoms with Gasteiger partial charge in [0.25, 0.3) is 0 Å². The summed E-state index contributed by atoms with van der Waals surface area (Å²) in [6.45, 7) is 11.0. The van der Waals surface area contributed by atoms with Crippen molar-refractivity contribution >= 4 is 0 Å². The van der Waals surface area contributed by atoms with E-state index in [0.29, 0.717) is 0 Å². The predicted molar refractivity (Wildman–Crippen MR) is 74.7 cm³/mol. The average Bonchev–Trinajstić information content (AvgIpc) is 2.32. The molecule has 0 radical (unpaired) electrons. The van der Waals surface area contributed by atoms with Crippen molar-refractivity contribution in [1.82, 2.24) is 0 Å². The number of benzene rings is 1. The number of hydrogen-bond donors (Lipinski definition) is 0.